The van der Waals surface area contributed by atoms with Crippen LogP contribution in [-0.2, 0) is 4.74 Å². The lowest BCUT2D eigenvalue weighted by Gasteiger charge is -2.45. The quantitative estimate of drug-likeness (QED) is 0.628. The van der Waals surface area contributed by atoms with Crippen LogP contribution in [0.5, 0.6) is 0 Å². The molecular weight excluding hydrogens is 236 g/mol. The molecule has 0 heterocycles. The van der Waals surface area contributed by atoms with Gasteiger partial charge in [-0.25, -0.2) is 0 Å². The fraction of sp³-hybridized carbons (Fsp3) is 1.00. The van der Waals surface area contributed by atoms with Gasteiger partial charge in [0.2, 0.25) is 0 Å². The summed E-state index contributed by atoms with van der Waals surface area (Å²) < 4.78 is 5.29. The average Bonchev–Trinajstić information content (AvgIpc) is 2.40. The highest BCUT2D eigenvalue weighted by molar-refractivity contribution is 4.92. The van der Waals surface area contributed by atoms with E-state index < -0.39 is 0 Å². The monoisotopic (exact) mass is 272 g/mol. The van der Waals surface area contributed by atoms with Gasteiger partial charge in [0, 0.05) is 32.3 Å². The Morgan fingerprint density at radius 2 is 1.84 bits per heavy atom. The largest absolute Gasteiger partial charge is 0.383 e. The average molecular weight is 272 g/mol. The van der Waals surface area contributed by atoms with Gasteiger partial charge in [0.15, 0.2) is 0 Å². The summed E-state index contributed by atoms with van der Waals surface area (Å²) in [5.74, 6) is 1.38. The van der Waals surface area contributed by atoms with Gasteiger partial charge >= 0.3 is 0 Å². The van der Waals surface area contributed by atoms with Crippen LogP contribution in [-0.4, -0.2) is 43.8 Å². The van der Waals surface area contributed by atoms with E-state index >= 15 is 0 Å². The molecule has 19 heavy (non-hydrogen) atoms. The molecule has 0 aliphatic rings. The van der Waals surface area contributed by atoms with Crippen molar-refractivity contribution >= 4 is 0 Å². The minimum Gasteiger partial charge on any atom is -0.383 e. The third kappa shape index (κ3) is 6.24. The zero-order valence-corrected chi connectivity index (χ0v) is 14.0. The second-order valence-electron chi connectivity index (χ2n) is 6.33. The molecule has 0 rings (SSSR count). The van der Waals surface area contributed by atoms with Gasteiger partial charge in [0.1, 0.15) is 0 Å². The van der Waals surface area contributed by atoms with Crippen LogP contribution >= 0.6 is 0 Å². The fourth-order valence-electron chi connectivity index (χ4n) is 2.81. The Hall–Kier alpha value is -0.120. The highest BCUT2D eigenvalue weighted by Gasteiger charge is 2.34. The normalized spacial score (nSPS) is 16.9. The maximum atomic E-state index is 6.19. The number of ether oxygens (including phenoxy) is 1. The van der Waals surface area contributed by atoms with Crippen molar-refractivity contribution in [1.29, 1.82) is 0 Å². The molecule has 116 valence electrons. The topological polar surface area (TPSA) is 38.5 Å². The summed E-state index contributed by atoms with van der Waals surface area (Å²) >= 11 is 0. The third-order valence-corrected chi connectivity index (χ3v) is 4.29. The number of nitrogens with zero attached hydrogens (tertiary/aromatic N) is 1. The summed E-state index contributed by atoms with van der Waals surface area (Å²) in [6.07, 6.45) is 3.53. The maximum Gasteiger partial charge on any atom is 0.0589 e. The highest BCUT2D eigenvalue weighted by atomic mass is 16.5. The van der Waals surface area contributed by atoms with Crippen molar-refractivity contribution in [2.24, 2.45) is 17.6 Å². The Bertz CT molecular complexity index is 215. The van der Waals surface area contributed by atoms with E-state index in [0.717, 1.165) is 38.6 Å². The summed E-state index contributed by atoms with van der Waals surface area (Å²) in [5.41, 5.74) is 6.32. The van der Waals surface area contributed by atoms with Gasteiger partial charge in [-0.05, 0) is 24.7 Å². The van der Waals surface area contributed by atoms with Crippen molar-refractivity contribution in [3.05, 3.63) is 0 Å². The van der Waals surface area contributed by atoms with Crippen LogP contribution in [0.25, 0.3) is 0 Å². The molecule has 3 nitrogen and oxygen atoms in total. The van der Waals surface area contributed by atoms with E-state index in [-0.39, 0.29) is 5.54 Å². The van der Waals surface area contributed by atoms with Gasteiger partial charge < -0.3 is 10.5 Å². The van der Waals surface area contributed by atoms with Crippen molar-refractivity contribution in [3.8, 4) is 0 Å². The van der Waals surface area contributed by atoms with Crippen LogP contribution in [0.1, 0.15) is 53.9 Å². The molecule has 2 unspecified atom stereocenters. The van der Waals surface area contributed by atoms with Gasteiger partial charge in [0.25, 0.3) is 0 Å². The Balaban J connectivity index is 4.98. The molecular formula is C16H36N2O. The molecule has 0 bridgehead atoms. The molecule has 2 atom stereocenters. The minimum atomic E-state index is 0.137. The highest BCUT2D eigenvalue weighted by Crippen LogP contribution is 2.29. The van der Waals surface area contributed by atoms with Crippen molar-refractivity contribution in [3.63, 3.8) is 0 Å². The summed E-state index contributed by atoms with van der Waals surface area (Å²) in [4.78, 5) is 2.58. The second-order valence-corrected chi connectivity index (χ2v) is 6.33. The van der Waals surface area contributed by atoms with Gasteiger partial charge in [0.05, 0.1) is 6.61 Å². The summed E-state index contributed by atoms with van der Waals surface area (Å²) in [6.45, 7) is 15.0. The molecule has 0 fully saturated rings. The van der Waals surface area contributed by atoms with Crippen molar-refractivity contribution in [2.75, 3.05) is 33.4 Å². The zero-order chi connectivity index (χ0) is 14.9. The number of nitrogens with two attached hydrogens (primary N) is 1. The van der Waals surface area contributed by atoms with E-state index in [2.05, 4.69) is 39.5 Å². The first-order valence-corrected chi connectivity index (χ1v) is 7.89. The first kappa shape index (κ1) is 18.9. The second kappa shape index (κ2) is 9.73. The molecule has 0 radical (unpaired) electrons. The van der Waals surface area contributed by atoms with Gasteiger partial charge in [-0.2, -0.15) is 0 Å². The predicted molar refractivity (Wildman–Crippen MR) is 84.4 cm³/mol. The van der Waals surface area contributed by atoms with E-state index in [4.69, 9.17) is 10.5 Å². The van der Waals surface area contributed by atoms with Crippen LogP contribution in [0.4, 0.5) is 0 Å². The molecule has 0 aromatic rings. The molecule has 3 heteroatoms. The van der Waals surface area contributed by atoms with Crippen LogP contribution < -0.4 is 5.73 Å². The van der Waals surface area contributed by atoms with Crippen LogP contribution in [0.3, 0.4) is 0 Å². The number of rotatable bonds is 11. The summed E-state index contributed by atoms with van der Waals surface area (Å²) in [7, 11) is 1.78. The standard InChI is InChI=1S/C16H36N2O/c1-7-15(5)11-16(8-2,13-17)18(9-10-19-6)12-14(3)4/h14-15H,7-13,17H2,1-6H3. The summed E-state index contributed by atoms with van der Waals surface area (Å²) in [5, 5.41) is 0. The molecule has 0 saturated heterocycles. The third-order valence-electron chi connectivity index (χ3n) is 4.29. The van der Waals surface area contributed by atoms with E-state index in [0.29, 0.717) is 5.92 Å². The molecule has 0 spiro atoms. The molecule has 0 amide bonds. The Labute approximate surface area is 120 Å². The molecule has 0 saturated carbocycles. The Kier molecular flexibility index (Phi) is 9.67. The van der Waals surface area contributed by atoms with Crippen LogP contribution in [0.2, 0.25) is 0 Å². The van der Waals surface area contributed by atoms with Gasteiger partial charge in [-0.15, -0.1) is 0 Å². The molecule has 2 N–H and O–H groups in total. The maximum absolute atomic E-state index is 6.19. The van der Waals surface area contributed by atoms with E-state index in [1.807, 2.05) is 0 Å². The van der Waals surface area contributed by atoms with Crippen molar-refractivity contribution in [1.82, 2.24) is 4.90 Å². The molecule has 0 aromatic carbocycles. The lowest BCUT2D eigenvalue weighted by molar-refractivity contribution is 0.0312. The van der Waals surface area contributed by atoms with Crippen molar-refractivity contribution in [2.45, 2.75) is 59.4 Å². The predicted octanol–water partition coefficient (Wildman–Crippen LogP) is 3.13. The smallest absolute Gasteiger partial charge is 0.0589 e. The first-order valence-electron chi connectivity index (χ1n) is 7.89. The zero-order valence-electron chi connectivity index (χ0n) is 14.0. The summed E-state index contributed by atoms with van der Waals surface area (Å²) in [6, 6.07) is 0. The van der Waals surface area contributed by atoms with E-state index in [1.54, 1.807) is 7.11 Å². The molecule has 0 aliphatic carbocycles. The number of methoxy groups -OCH3 is 1. The van der Waals surface area contributed by atoms with E-state index in [9.17, 15) is 0 Å². The SMILES string of the molecule is CCC(C)CC(CC)(CN)N(CCOC)CC(C)C. The van der Waals surface area contributed by atoms with Crippen molar-refractivity contribution < 1.29 is 4.74 Å². The van der Waals surface area contributed by atoms with Gasteiger partial charge in [-0.1, -0.05) is 41.0 Å². The van der Waals surface area contributed by atoms with Gasteiger partial charge in [-0.3, -0.25) is 4.90 Å². The van der Waals surface area contributed by atoms with E-state index in [1.165, 1.54) is 12.8 Å². The van der Waals surface area contributed by atoms with Crippen LogP contribution in [0.15, 0.2) is 0 Å². The molecule has 0 aliphatic heterocycles. The Morgan fingerprint density at radius 3 is 2.21 bits per heavy atom. The number of hydrogen-bond acceptors (Lipinski definition) is 3. The first-order chi connectivity index (χ1) is 8.95. The molecule has 0 aromatic heterocycles. The minimum absolute atomic E-state index is 0.137. The Morgan fingerprint density at radius 1 is 1.21 bits per heavy atom. The van der Waals surface area contributed by atoms with Crippen LogP contribution in [0, 0.1) is 11.8 Å². The number of hydrogen-bond donors (Lipinski definition) is 1. The fourth-order valence-corrected chi connectivity index (χ4v) is 2.81. The lowest BCUT2D eigenvalue weighted by Crippen LogP contribution is -2.56. The lowest BCUT2D eigenvalue weighted by atomic mass is 9.82.